The minimum Gasteiger partial charge on any atom is -0.385 e. The summed E-state index contributed by atoms with van der Waals surface area (Å²) in [5.41, 5.74) is 0. The third-order valence-electron chi connectivity index (χ3n) is 2.11. The Labute approximate surface area is 92.6 Å². The second kappa shape index (κ2) is 7.84. The summed E-state index contributed by atoms with van der Waals surface area (Å²) in [6, 6.07) is 0. The average Bonchev–Trinajstić information content (AvgIpc) is 2.18. The number of sulfone groups is 1. The Morgan fingerprint density at radius 1 is 1.53 bits per heavy atom. The van der Waals surface area contributed by atoms with Crippen LogP contribution in [0.3, 0.4) is 0 Å². The molecule has 1 atom stereocenters. The molecule has 15 heavy (non-hydrogen) atoms. The highest BCUT2D eigenvalue weighted by molar-refractivity contribution is 7.92. The van der Waals surface area contributed by atoms with Gasteiger partial charge < -0.3 is 10.1 Å². The maximum absolute atomic E-state index is 11.7. The molecule has 5 heteroatoms. The molecule has 4 nitrogen and oxygen atoms in total. The molecule has 0 aromatic rings. The molecule has 0 fully saturated rings. The van der Waals surface area contributed by atoms with Gasteiger partial charge in [0.25, 0.3) is 0 Å². The fourth-order valence-electron chi connectivity index (χ4n) is 1.12. The van der Waals surface area contributed by atoms with Crippen LogP contribution in [-0.2, 0) is 14.6 Å². The predicted molar refractivity (Wildman–Crippen MR) is 62.8 cm³/mol. The Morgan fingerprint density at radius 2 is 2.20 bits per heavy atom. The van der Waals surface area contributed by atoms with Gasteiger partial charge in [0.1, 0.15) is 0 Å². The van der Waals surface area contributed by atoms with Crippen LogP contribution in [-0.4, -0.2) is 46.2 Å². The molecular weight excluding hydrogens is 214 g/mol. The van der Waals surface area contributed by atoms with Crippen LogP contribution in [0, 0.1) is 0 Å². The van der Waals surface area contributed by atoms with Crippen molar-refractivity contribution >= 4 is 9.84 Å². The molecular formula is C10H21NO3S. The maximum Gasteiger partial charge on any atom is 0.154 e. The van der Waals surface area contributed by atoms with E-state index in [1.165, 1.54) is 0 Å². The third kappa shape index (κ3) is 6.65. The summed E-state index contributed by atoms with van der Waals surface area (Å²) in [5.74, 6) is 0.192. The molecule has 0 rings (SSSR count). The van der Waals surface area contributed by atoms with Crippen LogP contribution in [0.5, 0.6) is 0 Å². The van der Waals surface area contributed by atoms with E-state index in [0.29, 0.717) is 26.1 Å². The lowest BCUT2D eigenvalue weighted by molar-refractivity contribution is 0.199. The van der Waals surface area contributed by atoms with E-state index in [1.807, 2.05) is 0 Å². The van der Waals surface area contributed by atoms with Crippen LogP contribution in [0.15, 0.2) is 12.7 Å². The molecule has 1 N–H and O–H groups in total. The molecule has 0 aliphatic rings. The van der Waals surface area contributed by atoms with Crippen LogP contribution < -0.4 is 5.32 Å². The molecule has 90 valence electrons. The van der Waals surface area contributed by atoms with Crippen LogP contribution in [0.2, 0.25) is 0 Å². The zero-order valence-corrected chi connectivity index (χ0v) is 10.3. The maximum atomic E-state index is 11.7. The summed E-state index contributed by atoms with van der Waals surface area (Å²) in [7, 11) is -1.42. The molecule has 0 amide bonds. The summed E-state index contributed by atoms with van der Waals surface area (Å²) in [6.45, 7) is 6.87. The van der Waals surface area contributed by atoms with Crippen LogP contribution >= 0.6 is 0 Å². The number of rotatable bonds is 9. The summed E-state index contributed by atoms with van der Waals surface area (Å²) >= 11 is 0. The number of ether oxygens (including phenoxy) is 1. The number of hydrogen-bond acceptors (Lipinski definition) is 4. The first-order valence-corrected chi connectivity index (χ1v) is 6.78. The van der Waals surface area contributed by atoms with Crippen LogP contribution in [0.25, 0.3) is 0 Å². The smallest absolute Gasteiger partial charge is 0.154 e. The first kappa shape index (κ1) is 14.6. The molecule has 0 aliphatic heterocycles. The highest BCUT2D eigenvalue weighted by atomic mass is 32.2. The largest absolute Gasteiger partial charge is 0.385 e. The Morgan fingerprint density at radius 3 is 2.73 bits per heavy atom. The minimum absolute atomic E-state index is 0.192. The molecule has 0 saturated carbocycles. The molecule has 0 heterocycles. The summed E-state index contributed by atoms with van der Waals surface area (Å²) in [6.07, 6.45) is 2.27. The van der Waals surface area contributed by atoms with Crippen molar-refractivity contribution in [2.24, 2.45) is 0 Å². The second-order valence-electron chi connectivity index (χ2n) is 3.47. The van der Waals surface area contributed by atoms with Gasteiger partial charge in [-0.25, -0.2) is 8.42 Å². The van der Waals surface area contributed by atoms with Crippen molar-refractivity contribution in [1.29, 1.82) is 0 Å². The molecule has 0 aliphatic carbocycles. The summed E-state index contributed by atoms with van der Waals surface area (Å²) in [4.78, 5) is 0. The van der Waals surface area contributed by atoms with Crippen molar-refractivity contribution in [3.05, 3.63) is 12.7 Å². The van der Waals surface area contributed by atoms with Crippen molar-refractivity contribution in [1.82, 2.24) is 5.32 Å². The normalized spacial score (nSPS) is 13.7. The summed E-state index contributed by atoms with van der Waals surface area (Å²) in [5, 5.41) is 2.65. The SMILES string of the molecule is C=CCNCC(C)S(=O)(=O)CCCOC. The van der Waals surface area contributed by atoms with Crippen molar-refractivity contribution in [2.45, 2.75) is 18.6 Å². The van der Waals surface area contributed by atoms with Gasteiger partial charge in [-0.05, 0) is 13.3 Å². The Balaban J connectivity index is 3.91. The van der Waals surface area contributed by atoms with Gasteiger partial charge in [-0.1, -0.05) is 6.08 Å². The van der Waals surface area contributed by atoms with Gasteiger partial charge in [0.2, 0.25) is 0 Å². The van der Waals surface area contributed by atoms with E-state index in [2.05, 4.69) is 11.9 Å². The third-order valence-corrected chi connectivity index (χ3v) is 4.36. The Kier molecular flexibility index (Phi) is 7.64. The highest BCUT2D eigenvalue weighted by Crippen LogP contribution is 2.03. The zero-order valence-electron chi connectivity index (χ0n) is 9.53. The molecule has 0 spiro atoms. The summed E-state index contributed by atoms with van der Waals surface area (Å²) < 4.78 is 28.2. The standard InChI is InChI=1S/C10H21NO3S/c1-4-6-11-9-10(2)15(12,13)8-5-7-14-3/h4,10-11H,1,5-9H2,2-3H3. The molecule has 1 unspecified atom stereocenters. The van der Waals surface area contributed by atoms with Crippen LogP contribution in [0.1, 0.15) is 13.3 Å². The van der Waals surface area contributed by atoms with E-state index in [0.717, 1.165) is 0 Å². The van der Waals surface area contributed by atoms with E-state index in [4.69, 9.17) is 4.74 Å². The minimum atomic E-state index is -2.99. The number of methoxy groups -OCH3 is 1. The van der Waals surface area contributed by atoms with Crippen LogP contribution in [0.4, 0.5) is 0 Å². The highest BCUT2D eigenvalue weighted by Gasteiger charge is 2.19. The van der Waals surface area contributed by atoms with E-state index in [-0.39, 0.29) is 11.0 Å². The monoisotopic (exact) mass is 235 g/mol. The number of nitrogens with one attached hydrogen (secondary N) is 1. The van der Waals surface area contributed by atoms with Gasteiger partial charge in [-0.15, -0.1) is 6.58 Å². The molecule has 0 bridgehead atoms. The Hall–Kier alpha value is -0.390. The van der Waals surface area contributed by atoms with Gasteiger partial charge in [0, 0.05) is 26.8 Å². The van der Waals surface area contributed by atoms with E-state index < -0.39 is 9.84 Å². The van der Waals surface area contributed by atoms with Gasteiger partial charge in [0.15, 0.2) is 9.84 Å². The fraction of sp³-hybridized carbons (Fsp3) is 0.800. The van der Waals surface area contributed by atoms with E-state index in [9.17, 15) is 8.42 Å². The lowest BCUT2D eigenvalue weighted by atomic mass is 10.4. The van der Waals surface area contributed by atoms with Gasteiger partial charge >= 0.3 is 0 Å². The van der Waals surface area contributed by atoms with Crippen molar-refractivity contribution in [3.63, 3.8) is 0 Å². The second-order valence-corrected chi connectivity index (χ2v) is 6.01. The number of hydrogen-bond donors (Lipinski definition) is 1. The lowest BCUT2D eigenvalue weighted by Crippen LogP contribution is -2.32. The van der Waals surface area contributed by atoms with Crippen molar-refractivity contribution < 1.29 is 13.2 Å². The zero-order chi connectivity index (χ0) is 11.7. The first-order valence-electron chi connectivity index (χ1n) is 5.06. The fourth-order valence-corrected chi connectivity index (χ4v) is 2.42. The van der Waals surface area contributed by atoms with Gasteiger partial charge in [-0.3, -0.25) is 0 Å². The van der Waals surface area contributed by atoms with E-state index in [1.54, 1.807) is 20.1 Å². The van der Waals surface area contributed by atoms with Crippen molar-refractivity contribution in [2.75, 3.05) is 32.6 Å². The predicted octanol–water partition coefficient (Wildman–Crippen LogP) is 0.602. The van der Waals surface area contributed by atoms with Gasteiger partial charge in [0.05, 0.1) is 11.0 Å². The molecule has 0 aromatic carbocycles. The molecule has 0 radical (unpaired) electrons. The first-order chi connectivity index (χ1) is 7.04. The van der Waals surface area contributed by atoms with Crippen molar-refractivity contribution in [3.8, 4) is 0 Å². The topological polar surface area (TPSA) is 55.4 Å². The Bertz CT molecular complexity index is 262. The quantitative estimate of drug-likeness (QED) is 0.470. The van der Waals surface area contributed by atoms with Gasteiger partial charge in [-0.2, -0.15) is 0 Å². The molecule has 0 saturated heterocycles. The van der Waals surface area contributed by atoms with E-state index >= 15 is 0 Å². The lowest BCUT2D eigenvalue weighted by Gasteiger charge is -2.12. The molecule has 0 aromatic heterocycles. The average molecular weight is 235 g/mol.